The van der Waals surface area contributed by atoms with Crippen molar-refractivity contribution in [1.82, 2.24) is 14.9 Å². The van der Waals surface area contributed by atoms with Gasteiger partial charge < -0.3 is 20.9 Å². The van der Waals surface area contributed by atoms with Gasteiger partial charge in [-0.2, -0.15) is 9.97 Å². The Labute approximate surface area is 135 Å². The zero-order valence-electron chi connectivity index (χ0n) is 13.2. The van der Waals surface area contributed by atoms with Gasteiger partial charge in [-0.1, -0.05) is 12.1 Å². The van der Waals surface area contributed by atoms with Crippen LogP contribution in [0.15, 0.2) is 30.3 Å². The van der Waals surface area contributed by atoms with Gasteiger partial charge in [0.15, 0.2) is 0 Å². The van der Waals surface area contributed by atoms with Crippen molar-refractivity contribution in [1.29, 1.82) is 0 Å². The average Bonchev–Trinajstić information content (AvgIpc) is 2.54. The molecule has 3 N–H and O–H groups in total. The van der Waals surface area contributed by atoms with Crippen molar-refractivity contribution < 1.29 is 4.39 Å². The number of nitrogen functional groups attached to an aromatic ring is 1. The van der Waals surface area contributed by atoms with E-state index in [4.69, 9.17) is 5.73 Å². The van der Waals surface area contributed by atoms with Gasteiger partial charge in [0.1, 0.15) is 17.5 Å². The molecule has 7 heteroatoms. The summed E-state index contributed by atoms with van der Waals surface area (Å²) in [6.07, 6.45) is 0. The van der Waals surface area contributed by atoms with Gasteiger partial charge in [0.25, 0.3) is 0 Å². The minimum absolute atomic E-state index is 0.239. The lowest BCUT2D eigenvalue weighted by Crippen LogP contribution is -2.44. The predicted molar refractivity (Wildman–Crippen MR) is 89.9 cm³/mol. The van der Waals surface area contributed by atoms with Crippen molar-refractivity contribution in [2.24, 2.45) is 0 Å². The number of rotatable bonds is 4. The lowest BCUT2D eigenvalue weighted by Gasteiger charge is -2.33. The highest BCUT2D eigenvalue weighted by atomic mass is 19.1. The fourth-order valence-corrected chi connectivity index (χ4v) is 2.54. The second-order valence-corrected chi connectivity index (χ2v) is 5.74. The number of nitrogens with two attached hydrogens (primary N) is 1. The van der Waals surface area contributed by atoms with E-state index in [1.807, 2.05) is 6.07 Å². The van der Waals surface area contributed by atoms with Crippen LogP contribution in [-0.4, -0.2) is 48.1 Å². The Morgan fingerprint density at radius 3 is 2.52 bits per heavy atom. The fourth-order valence-electron chi connectivity index (χ4n) is 2.54. The number of halogens is 1. The molecule has 1 saturated heterocycles. The van der Waals surface area contributed by atoms with Gasteiger partial charge in [-0.15, -0.1) is 0 Å². The van der Waals surface area contributed by atoms with Crippen molar-refractivity contribution in [2.75, 3.05) is 49.2 Å². The number of benzene rings is 1. The molecule has 6 nitrogen and oxygen atoms in total. The minimum Gasteiger partial charge on any atom is -0.368 e. The molecule has 1 aliphatic rings. The van der Waals surface area contributed by atoms with E-state index in [0.29, 0.717) is 12.4 Å². The third-order valence-corrected chi connectivity index (χ3v) is 3.94. The van der Waals surface area contributed by atoms with Gasteiger partial charge in [0.05, 0.1) is 0 Å². The smallest absolute Gasteiger partial charge is 0.223 e. The minimum atomic E-state index is -0.239. The molecule has 23 heavy (non-hydrogen) atoms. The Kier molecular flexibility index (Phi) is 4.57. The maximum Gasteiger partial charge on any atom is 0.223 e. The first-order chi connectivity index (χ1) is 11.1. The largest absolute Gasteiger partial charge is 0.368 e. The number of aromatic nitrogens is 2. The topological polar surface area (TPSA) is 70.3 Å². The molecule has 0 radical (unpaired) electrons. The number of hydrogen-bond donors (Lipinski definition) is 2. The predicted octanol–water partition coefficient (Wildman–Crippen LogP) is 1.56. The first kappa shape index (κ1) is 15.5. The second-order valence-electron chi connectivity index (χ2n) is 5.74. The SMILES string of the molecule is CN1CCN(c2cc(NCc3ccc(F)cc3)nc(N)n2)CC1. The summed E-state index contributed by atoms with van der Waals surface area (Å²) >= 11 is 0. The molecule has 2 heterocycles. The van der Waals surface area contributed by atoms with Crippen molar-refractivity contribution in [3.63, 3.8) is 0 Å². The van der Waals surface area contributed by atoms with Crippen LogP contribution in [0.1, 0.15) is 5.56 Å². The molecule has 122 valence electrons. The number of nitrogens with one attached hydrogen (secondary N) is 1. The maximum atomic E-state index is 12.9. The zero-order chi connectivity index (χ0) is 16.2. The average molecular weight is 316 g/mol. The Morgan fingerprint density at radius 1 is 1.13 bits per heavy atom. The monoisotopic (exact) mass is 316 g/mol. The number of anilines is 3. The van der Waals surface area contributed by atoms with E-state index in [1.54, 1.807) is 12.1 Å². The second kappa shape index (κ2) is 6.78. The van der Waals surface area contributed by atoms with Crippen LogP contribution in [-0.2, 0) is 6.54 Å². The Hall–Kier alpha value is -2.41. The van der Waals surface area contributed by atoms with Gasteiger partial charge in [-0.3, -0.25) is 0 Å². The molecular weight excluding hydrogens is 295 g/mol. The standard InChI is InChI=1S/C16H21FN6/c1-22-6-8-23(9-7-22)15-10-14(20-16(18)21-15)19-11-12-2-4-13(17)5-3-12/h2-5,10H,6-9,11H2,1H3,(H3,18,19,20,21). The van der Waals surface area contributed by atoms with E-state index in [2.05, 4.69) is 32.1 Å². The van der Waals surface area contributed by atoms with Gasteiger partial charge in [0.2, 0.25) is 5.95 Å². The van der Waals surface area contributed by atoms with Gasteiger partial charge in [-0.05, 0) is 24.7 Å². The maximum absolute atomic E-state index is 12.9. The summed E-state index contributed by atoms with van der Waals surface area (Å²) in [6.45, 7) is 4.40. The van der Waals surface area contributed by atoms with Crippen LogP contribution in [0, 0.1) is 5.82 Å². The number of hydrogen-bond acceptors (Lipinski definition) is 6. The van der Waals surface area contributed by atoms with Crippen LogP contribution >= 0.6 is 0 Å². The van der Waals surface area contributed by atoms with Gasteiger partial charge >= 0.3 is 0 Å². The summed E-state index contributed by atoms with van der Waals surface area (Å²) < 4.78 is 12.9. The lowest BCUT2D eigenvalue weighted by atomic mass is 10.2. The van der Waals surface area contributed by atoms with Crippen LogP contribution in [0.2, 0.25) is 0 Å². The van der Waals surface area contributed by atoms with Crippen LogP contribution in [0.25, 0.3) is 0 Å². The van der Waals surface area contributed by atoms with E-state index in [9.17, 15) is 4.39 Å². The molecule has 0 spiro atoms. The van der Waals surface area contributed by atoms with Crippen molar-refractivity contribution in [3.8, 4) is 0 Å². The molecule has 0 amide bonds. The highest BCUT2D eigenvalue weighted by molar-refractivity contribution is 5.53. The molecule has 3 rings (SSSR count). The van der Waals surface area contributed by atoms with E-state index in [0.717, 1.165) is 37.6 Å². The summed E-state index contributed by atoms with van der Waals surface area (Å²) in [6, 6.07) is 8.29. The fraction of sp³-hybridized carbons (Fsp3) is 0.375. The third kappa shape index (κ3) is 4.07. The summed E-state index contributed by atoms with van der Waals surface area (Å²) in [5.41, 5.74) is 6.81. The molecule has 2 aromatic rings. The molecule has 0 atom stereocenters. The summed E-state index contributed by atoms with van der Waals surface area (Å²) in [7, 11) is 2.11. The number of nitrogens with zero attached hydrogens (tertiary/aromatic N) is 4. The normalized spacial score (nSPS) is 15.7. The first-order valence-corrected chi connectivity index (χ1v) is 7.66. The van der Waals surface area contributed by atoms with Crippen LogP contribution in [0.3, 0.4) is 0 Å². The van der Waals surface area contributed by atoms with Crippen LogP contribution < -0.4 is 16.0 Å². The summed E-state index contributed by atoms with van der Waals surface area (Å²) in [5, 5.41) is 3.22. The Morgan fingerprint density at radius 2 is 1.83 bits per heavy atom. The molecule has 1 aliphatic heterocycles. The highest BCUT2D eigenvalue weighted by Crippen LogP contribution is 2.19. The summed E-state index contributed by atoms with van der Waals surface area (Å²) in [4.78, 5) is 13.1. The van der Waals surface area contributed by atoms with E-state index >= 15 is 0 Å². The van der Waals surface area contributed by atoms with Gasteiger partial charge in [0, 0.05) is 38.8 Å². The van der Waals surface area contributed by atoms with E-state index in [1.165, 1.54) is 12.1 Å². The first-order valence-electron chi connectivity index (χ1n) is 7.66. The molecule has 0 saturated carbocycles. The zero-order valence-corrected chi connectivity index (χ0v) is 13.2. The third-order valence-electron chi connectivity index (χ3n) is 3.94. The quantitative estimate of drug-likeness (QED) is 0.892. The molecular formula is C16H21FN6. The molecule has 0 bridgehead atoms. The summed E-state index contributed by atoms with van der Waals surface area (Å²) in [5.74, 6) is 1.53. The van der Waals surface area contributed by atoms with Crippen molar-refractivity contribution in [2.45, 2.75) is 6.54 Å². The Bertz CT molecular complexity index is 652. The molecule has 0 aliphatic carbocycles. The van der Waals surface area contributed by atoms with Crippen molar-refractivity contribution in [3.05, 3.63) is 41.7 Å². The number of piperazine rings is 1. The highest BCUT2D eigenvalue weighted by Gasteiger charge is 2.16. The molecule has 1 aromatic heterocycles. The molecule has 1 fully saturated rings. The molecule has 0 unspecified atom stereocenters. The van der Waals surface area contributed by atoms with E-state index in [-0.39, 0.29) is 11.8 Å². The lowest BCUT2D eigenvalue weighted by molar-refractivity contribution is 0.312. The van der Waals surface area contributed by atoms with Crippen LogP contribution in [0.5, 0.6) is 0 Å². The van der Waals surface area contributed by atoms with E-state index < -0.39 is 0 Å². The Balaban J connectivity index is 1.68. The van der Waals surface area contributed by atoms with Crippen molar-refractivity contribution >= 4 is 17.6 Å². The molecule has 1 aromatic carbocycles. The number of likely N-dealkylation sites (N-methyl/N-ethyl adjacent to an activating group) is 1. The van der Waals surface area contributed by atoms with Gasteiger partial charge in [-0.25, -0.2) is 4.39 Å². The van der Waals surface area contributed by atoms with Crippen LogP contribution in [0.4, 0.5) is 22.0 Å².